The first kappa shape index (κ1) is 15.2. The highest BCUT2D eigenvalue weighted by Gasteiger charge is 2.40. The topological polar surface area (TPSA) is 29.3 Å². The largest absolute Gasteiger partial charge is 0.327 e. The number of likely N-dealkylation sites (tertiary alicyclic amines) is 1. The summed E-state index contributed by atoms with van der Waals surface area (Å²) < 4.78 is 0. The summed E-state index contributed by atoms with van der Waals surface area (Å²) in [6.07, 6.45) is 4.71. The average Bonchev–Trinajstić information content (AvgIpc) is 2.93. The van der Waals surface area contributed by atoms with Crippen molar-refractivity contribution in [2.45, 2.75) is 30.3 Å². The van der Waals surface area contributed by atoms with E-state index in [1.54, 1.807) is 11.8 Å². The summed E-state index contributed by atoms with van der Waals surface area (Å²) in [6.45, 7) is 3.55. The van der Waals surface area contributed by atoms with Gasteiger partial charge in [-0.2, -0.15) is 0 Å². The molecule has 1 heterocycles. The molecule has 0 spiro atoms. The molecule has 0 bridgehead atoms. The molecule has 1 aliphatic carbocycles. The van der Waals surface area contributed by atoms with Gasteiger partial charge >= 0.3 is 0 Å². The van der Waals surface area contributed by atoms with Crippen molar-refractivity contribution in [3.8, 4) is 0 Å². The lowest BCUT2D eigenvalue weighted by Gasteiger charge is -2.18. The minimum atomic E-state index is 0. The predicted molar refractivity (Wildman–Crippen MR) is 84.9 cm³/mol. The van der Waals surface area contributed by atoms with E-state index in [4.69, 9.17) is 5.73 Å². The fourth-order valence-corrected chi connectivity index (χ4v) is 3.93. The minimum Gasteiger partial charge on any atom is -0.327 e. The first-order valence-corrected chi connectivity index (χ1v) is 8.09. The van der Waals surface area contributed by atoms with Gasteiger partial charge in [0, 0.05) is 30.6 Å². The maximum atomic E-state index is 6.18. The third kappa shape index (κ3) is 3.27. The Morgan fingerprint density at radius 2 is 1.95 bits per heavy atom. The van der Waals surface area contributed by atoms with Crippen LogP contribution in [0.25, 0.3) is 0 Å². The zero-order valence-corrected chi connectivity index (χ0v) is 13.1. The van der Waals surface area contributed by atoms with E-state index >= 15 is 0 Å². The van der Waals surface area contributed by atoms with E-state index in [0.717, 1.165) is 18.4 Å². The smallest absolute Gasteiger partial charge is 0.0233 e. The van der Waals surface area contributed by atoms with E-state index in [1.807, 2.05) is 0 Å². The van der Waals surface area contributed by atoms with Crippen LogP contribution in [0.4, 0.5) is 0 Å². The summed E-state index contributed by atoms with van der Waals surface area (Å²) >= 11 is 1.80. The molecular weight excluding hydrogens is 276 g/mol. The van der Waals surface area contributed by atoms with Gasteiger partial charge in [-0.1, -0.05) is 12.1 Å². The Morgan fingerprint density at radius 1 is 1.21 bits per heavy atom. The second kappa shape index (κ2) is 6.49. The fourth-order valence-electron chi connectivity index (χ4n) is 3.52. The van der Waals surface area contributed by atoms with Crippen molar-refractivity contribution in [3.05, 3.63) is 29.8 Å². The lowest BCUT2D eigenvalue weighted by molar-refractivity contribution is 0.298. The molecule has 106 valence electrons. The molecule has 0 radical (unpaired) electrons. The molecule has 0 aromatic heterocycles. The zero-order valence-electron chi connectivity index (χ0n) is 11.4. The number of thioether (sulfide) groups is 1. The van der Waals surface area contributed by atoms with Crippen LogP contribution >= 0.6 is 24.2 Å². The number of halogens is 1. The van der Waals surface area contributed by atoms with Crippen LogP contribution in [0.5, 0.6) is 0 Å². The van der Waals surface area contributed by atoms with Crippen molar-refractivity contribution in [3.63, 3.8) is 0 Å². The summed E-state index contributed by atoms with van der Waals surface area (Å²) in [5, 5.41) is 0. The molecule has 19 heavy (non-hydrogen) atoms. The quantitative estimate of drug-likeness (QED) is 0.870. The van der Waals surface area contributed by atoms with Gasteiger partial charge in [0.1, 0.15) is 0 Å². The average molecular weight is 299 g/mol. The van der Waals surface area contributed by atoms with Crippen LogP contribution in [0.2, 0.25) is 0 Å². The molecule has 3 unspecified atom stereocenters. The molecular formula is C15H23ClN2S. The van der Waals surface area contributed by atoms with Crippen molar-refractivity contribution < 1.29 is 0 Å². The summed E-state index contributed by atoms with van der Waals surface area (Å²) in [4.78, 5) is 3.93. The van der Waals surface area contributed by atoms with Crippen molar-refractivity contribution >= 4 is 24.2 Å². The Kier molecular flexibility index (Phi) is 5.18. The highest BCUT2D eigenvalue weighted by atomic mass is 35.5. The lowest BCUT2D eigenvalue weighted by Crippen LogP contribution is -2.30. The van der Waals surface area contributed by atoms with Gasteiger partial charge in [0.15, 0.2) is 0 Å². The third-order valence-electron chi connectivity index (χ3n) is 4.55. The van der Waals surface area contributed by atoms with Crippen molar-refractivity contribution in [1.29, 1.82) is 0 Å². The summed E-state index contributed by atoms with van der Waals surface area (Å²) in [5.41, 5.74) is 7.62. The van der Waals surface area contributed by atoms with Crippen LogP contribution in [-0.4, -0.2) is 30.3 Å². The molecule has 2 aliphatic rings. The van der Waals surface area contributed by atoms with Gasteiger partial charge in [0.2, 0.25) is 0 Å². The van der Waals surface area contributed by atoms with Crippen LogP contribution in [0.15, 0.2) is 29.2 Å². The van der Waals surface area contributed by atoms with Crippen LogP contribution in [0.1, 0.15) is 18.4 Å². The zero-order chi connectivity index (χ0) is 12.5. The molecule has 1 saturated heterocycles. The van der Waals surface area contributed by atoms with Gasteiger partial charge in [-0.15, -0.1) is 24.2 Å². The van der Waals surface area contributed by atoms with Gasteiger partial charge in [0.25, 0.3) is 0 Å². The van der Waals surface area contributed by atoms with Crippen LogP contribution in [-0.2, 0) is 6.54 Å². The summed E-state index contributed by atoms with van der Waals surface area (Å²) in [5.74, 6) is 1.63. The van der Waals surface area contributed by atoms with Crippen molar-refractivity contribution in [1.82, 2.24) is 4.90 Å². The summed E-state index contributed by atoms with van der Waals surface area (Å²) in [6, 6.07) is 9.43. The summed E-state index contributed by atoms with van der Waals surface area (Å²) in [7, 11) is 0. The van der Waals surface area contributed by atoms with Crippen LogP contribution in [0.3, 0.4) is 0 Å². The maximum absolute atomic E-state index is 6.18. The molecule has 4 heteroatoms. The number of nitrogens with two attached hydrogens (primary N) is 1. The van der Waals surface area contributed by atoms with Gasteiger partial charge < -0.3 is 5.73 Å². The van der Waals surface area contributed by atoms with Gasteiger partial charge in [-0.3, -0.25) is 4.90 Å². The molecule has 1 aliphatic heterocycles. The minimum absolute atomic E-state index is 0. The van der Waals surface area contributed by atoms with E-state index in [0.29, 0.717) is 6.04 Å². The highest BCUT2D eigenvalue weighted by molar-refractivity contribution is 7.98. The van der Waals surface area contributed by atoms with E-state index < -0.39 is 0 Å². The molecule has 2 fully saturated rings. The highest BCUT2D eigenvalue weighted by Crippen LogP contribution is 2.37. The maximum Gasteiger partial charge on any atom is 0.0233 e. The first-order valence-electron chi connectivity index (χ1n) is 6.87. The van der Waals surface area contributed by atoms with Gasteiger partial charge in [-0.25, -0.2) is 0 Å². The third-order valence-corrected chi connectivity index (χ3v) is 5.30. The standard InChI is InChI=1S/C15H22N2S.ClH/c1-18-13-5-2-11(3-6-13)8-17-9-12-4-7-15(16)14(12)10-17;/h2-3,5-6,12,14-15H,4,7-10,16H2,1H3;1H. The SMILES string of the molecule is CSc1ccc(CN2CC3CCC(N)C3C2)cc1.Cl. The van der Waals surface area contributed by atoms with Gasteiger partial charge in [-0.05, 0) is 48.6 Å². The second-order valence-electron chi connectivity index (χ2n) is 5.71. The molecule has 2 N–H and O–H groups in total. The number of hydrogen-bond acceptors (Lipinski definition) is 3. The number of nitrogens with zero attached hydrogens (tertiary/aromatic N) is 1. The van der Waals surface area contributed by atoms with E-state index in [-0.39, 0.29) is 12.4 Å². The van der Waals surface area contributed by atoms with Crippen molar-refractivity contribution in [2.75, 3.05) is 19.3 Å². The van der Waals surface area contributed by atoms with Crippen LogP contribution < -0.4 is 5.73 Å². The number of fused-ring (bicyclic) bond motifs is 1. The molecule has 2 nitrogen and oxygen atoms in total. The second-order valence-corrected chi connectivity index (χ2v) is 6.59. The van der Waals surface area contributed by atoms with Gasteiger partial charge in [0.05, 0.1) is 0 Å². The lowest BCUT2D eigenvalue weighted by atomic mass is 9.98. The Bertz CT molecular complexity index is 409. The predicted octanol–water partition coefficient (Wildman–Crippen LogP) is 3.00. The van der Waals surface area contributed by atoms with Crippen LogP contribution in [0, 0.1) is 11.8 Å². The molecule has 1 aromatic carbocycles. The molecule has 0 amide bonds. The van der Waals surface area contributed by atoms with E-state index in [1.165, 1.54) is 36.4 Å². The monoisotopic (exact) mass is 298 g/mol. The van der Waals surface area contributed by atoms with Crippen molar-refractivity contribution in [2.24, 2.45) is 17.6 Å². The Morgan fingerprint density at radius 3 is 2.58 bits per heavy atom. The number of benzene rings is 1. The molecule has 1 aromatic rings. The number of hydrogen-bond donors (Lipinski definition) is 1. The molecule has 1 saturated carbocycles. The Labute approximate surface area is 126 Å². The fraction of sp³-hybridized carbons (Fsp3) is 0.600. The Balaban J connectivity index is 0.00000133. The first-order chi connectivity index (χ1) is 8.76. The van der Waals surface area contributed by atoms with E-state index in [9.17, 15) is 0 Å². The Hall–Kier alpha value is -0.220. The normalized spacial score (nSPS) is 30.1. The molecule has 3 atom stereocenters. The molecule has 3 rings (SSSR count). The number of rotatable bonds is 3. The van der Waals surface area contributed by atoms with E-state index in [2.05, 4.69) is 35.4 Å².